The lowest BCUT2D eigenvalue weighted by molar-refractivity contribution is -0.139. The van der Waals surface area contributed by atoms with Gasteiger partial charge in [-0.15, -0.1) is 0 Å². The van der Waals surface area contributed by atoms with Crippen molar-refractivity contribution in [2.24, 2.45) is 0 Å². The number of methoxy groups -OCH3 is 1. The summed E-state index contributed by atoms with van der Waals surface area (Å²) < 4.78 is 49.6. The highest BCUT2D eigenvalue weighted by molar-refractivity contribution is 6.11. The molecule has 0 aliphatic carbocycles. The number of ether oxygens (including phenoxy) is 9. The Kier molecular flexibility index (Phi) is 20.4. The van der Waals surface area contributed by atoms with E-state index in [1.807, 2.05) is 60.7 Å². The van der Waals surface area contributed by atoms with Crippen molar-refractivity contribution in [1.82, 2.24) is 0 Å². The van der Waals surface area contributed by atoms with Gasteiger partial charge >= 0.3 is 35.8 Å². The number of hydrogen-bond donors (Lipinski definition) is 0. The van der Waals surface area contributed by atoms with E-state index in [-0.39, 0.29) is 60.7 Å². The van der Waals surface area contributed by atoms with Gasteiger partial charge in [0.1, 0.15) is 55.2 Å². The molecule has 0 saturated heterocycles. The van der Waals surface area contributed by atoms with Gasteiger partial charge in [-0.1, -0.05) is 110 Å². The molecule has 8 aromatic rings. The van der Waals surface area contributed by atoms with Crippen LogP contribution in [-0.2, 0) is 38.2 Å². The van der Waals surface area contributed by atoms with Crippen molar-refractivity contribution in [1.29, 1.82) is 0 Å². The predicted octanol–water partition coefficient (Wildman–Crippen LogP) is 12.2. The molecular weight excluding hydrogens is 1070 g/mol. The molecule has 0 bridgehead atoms. The number of benzene rings is 8. The summed E-state index contributed by atoms with van der Waals surface area (Å²) in [6.45, 7) is 7.10. The van der Waals surface area contributed by atoms with Crippen molar-refractivity contribution >= 4 is 88.0 Å². The lowest BCUT2D eigenvalue weighted by Crippen LogP contribution is -2.10. The Morgan fingerprint density at radius 2 is 0.774 bits per heavy atom. The van der Waals surface area contributed by atoms with E-state index in [0.29, 0.717) is 61.9 Å². The molecule has 84 heavy (non-hydrogen) atoms. The van der Waals surface area contributed by atoms with E-state index < -0.39 is 35.8 Å². The zero-order valence-corrected chi connectivity index (χ0v) is 45.1. The van der Waals surface area contributed by atoms with Gasteiger partial charge in [0.05, 0.1) is 12.7 Å². The van der Waals surface area contributed by atoms with Crippen LogP contribution in [0, 0.1) is 0 Å². The van der Waals surface area contributed by atoms with Crippen LogP contribution in [-0.4, -0.2) is 75.6 Å². The summed E-state index contributed by atoms with van der Waals surface area (Å²) in [6.07, 6.45) is 13.6. The molecule has 0 aromatic heterocycles. The molecule has 0 spiro atoms. The largest absolute Gasteiger partial charge is 0.493 e. The summed E-state index contributed by atoms with van der Waals surface area (Å²) in [4.78, 5) is 87.8. The molecule has 0 aliphatic rings. The van der Waals surface area contributed by atoms with Crippen LogP contribution < -0.4 is 33.2 Å². The molecule has 0 aliphatic heterocycles. The minimum atomic E-state index is -0.764. The second-order valence-corrected chi connectivity index (χ2v) is 17.7. The van der Waals surface area contributed by atoms with E-state index in [1.54, 1.807) is 84.9 Å². The zero-order chi connectivity index (χ0) is 59.2. The Morgan fingerprint density at radius 1 is 0.393 bits per heavy atom. The Morgan fingerprint density at radius 3 is 1.21 bits per heavy atom. The van der Waals surface area contributed by atoms with E-state index in [4.69, 9.17) is 42.6 Å². The molecular formula is C68H52O16. The van der Waals surface area contributed by atoms with Crippen molar-refractivity contribution in [3.05, 3.63) is 235 Å². The maximum atomic E-state index is 13.8. The van der Waals surface area contributed by atoms with Crippen molar-refractivity contribution < 1.29 is 76.2 Å². The number of esters is 6. The fraction of sp³-hybridized carbons (Fsp3) is 0.0735. The molecule has 16 heteroatoms. The minimum Gasteiger partial charge on any atom is -0.493 e. The SMILES string of the molecule is C=CC(=O)OCCOc1ccc(/C=C/C(=O)Oc2ccc(/C=C/C(=O)Oc3ccc4ccccc4c3-c3c(OC(=O)/C=C/c4ccc(OC(=O)/C=C/c5ccc(OCCOC(=O)C=C)cc5)c(OC)c4)ccc4ccccc34)cc2C=O)cc1. The normalized spacial score (nSPS) is 11.1. The lowest BCUT2D eigenvalue weighted by Gasteiger charge is -2.18. The van der Waals surface area contributed by atoms with Gasteiger partial charge in [0.2, 0.25) is 0 Å². The van der Waals surface area contributed by atoms with Crippen molar-refractivity contribution in [2.45, 2.75) is 0 Å². The summed E-state index contributed by atoms with van der Waals surface area (Å²) in [5.74, 6) is -2.22. The van der Waals surface area contributed by atoms with Crippen LogP contribution in [0.25, 0.3) is 57.0 Å². The average Bonchev–Trinajstić information content (AvgIpc) is 1.66. The number of carbonyl (C=O) groups is 7. The third kappa shape index (κ3) is 16.4. The highest BCUT2D eigenvalue weighted by Gasteiger charge is 2.22. The highest BCUT2D eigenvalue weighted by atomic mass is 16.6. The minimum absolute atomic E-state index is 0.000239. The number of fused-ring (bicyclic) bond motifs is 2. The molecule has 16 nitrogen and oxygen atoms in total. The van der Waals surface area contributed by atoms with Crippen molar-refractivity contribution in [3.63, 3.8) is 0 Å². The Balaban J connectivity index is 0.932. The van der Waals surface area contributed by atoms with E-state index in [1.165, 1.54) is 67.8 Å². The summed E-state index contributed by atoms with van der Waals surface area (Å²) in [7, 11) is 1.42. The fourth-order valence-corrected chi connectivity index (χ4v) is 8.22. The van der Waals surface area contributed by atoms with Crippen LogP contribution in [0.2, 0.25) is 0 Å². The number of aldehydes is 1. The highest BCUT2D eigenvalue weighted by Crippen LogP contribution is 2.46. The van der Waals surface area contributed by atoms with Gasteiger partial charge in [-0.2, -0.15) is 0 Å². The first kappa shape index (κ1) is 58.8. The van der Waals surface area contributed by atoms with E-state index >= 15 is 0 Å². The summed E-state index contributed by atoms with van der Waals surface area (Å²) in [5.41, 5.74) is 3.32. The van der Waals surface area contributed by atoms with Gasteiger partial charge in [0.15, 0.2) is 17.8 Å². The van der Waals surface area contributed by atoms with Crippen molar-refractivity contribution in [2.75, 3.05) is 33.5 Å². The number of carbonyl (C=O) groups excluding carboxylic acids is 7. The predicted molar refractivity (Wildman–Crippen MR) is 317 cm³/mol. The van der Waals surface area contributed by atoms with Crippen LogP contribution in [0.4, 0.5) is 0 Å². The molecule has 0 radical (unpaired) electrons. The fourth-order valence-electron chi connectivity index (χ4n) is 8.22. The van der Waals surface area contributed by atoms with Crippen LogP contribution in [0.5, 0.6) is 40.2 Å². The molecule has 0 atom stereocenters. The Hall–Kier alpha value is -11.4. The third-order valence-corrected chi connectivity index (χ3v) is 12.2. The van der Waals surface area contributed by atoms with Gasteiger partial charge < -0.3 is 42.6 Å². The number of rotatable bonds is 25. The molecule has 0 saturated carbocycles. The van der Waals surface area contributed by atoms with E-state index in [9.17, 15) is 33.6 Å². The van der Waals surface area contributed by atoms with Crippen LogP contribution >= 0.6 is 0 Å². The molecule has 8 aromatic carbocycles. The first-order valence-electron chi connectivity index (χ1n) is 25.8. The molecule has 0 N–H and O–H groups in total. The molecule has 420 valence electrons. The van der Waals surface area contributed by atoms with Gasteiger partial charge in [0.25, 0.3) is 0 Å². The monoisotopic (exact) mass is 1120 g/mol. The second kappa shape index (κ2) is 29.2. The third-order valence-electron chi connectivity index (χ3n) is 12.2. The summed E-state index contributed by atoms with van der Waals surface area (Å²) >= 11 is 0. The van der Waals surface area contributed by atoms with Crippen LogP contribution in [0.15, 0.2) is 207 Å². The Bertz CT molecular complexity index is 3900. The van der Waals surface area contributed by atoms with E-state index in [2.05, 4.69) is 13.2 Å². The Labute approximate surface area is 482 Å². The van der Waals surface area contributed by atoms with E-state index in [0.717, 1.165) is 22.9 Å². The van der Waals surface area contributed by atoms with Gasteiger partial charge in [-0.3, -0.25) is 4.79 Å². The summed E-state index contributed by atoms with van der Waals surface area (Å²) in [5, 5.41) is 3.02. The number of hydrogen-bond acceptors (Lipinski definition) is 16. The standard InChI is InChI=1S/C68H52O16/c1-4-61(70)79-40-38-77-52-26-14-45(15-27-52)20-34-63(72)81-56-30-18-47(42-51(56)44-69)22-36-65(74)83-58-32-24-49-10-6-8-12-54(49)67(58)68-55-13-9-7-11-50(55)25-33-59(68)84-66(75)37-23-48-19-31-57(60(43-48)76-3)82-64(73)35-21-46-16-28-53(29-17-46)78-39-41-80-62(71)5-2/h4-37,42-44H,1-2,38-41H2,3H3/b34-20+,35-21+,36-22+,37-23+. The molecule has 0 amide bonds. The smallest absolute Gasteiger partial charge is 0.336 e. The molecule has 0 unspecified atom stereocenters. The van der Waals surface area contributed by atoms with Crippen LogP contribution in [0.1, 0.15) is 32.6 Å². The first-order valence-corrected chi connectivity index (χ1v) is 25.8. The topological polar surface area (TPSA) is 203 Å². The maximum Gasteiger partial charge on any atom is 0.336 e. The second-order valence-electron chi connectivity index (χ2n) is 17.7. The lowest BCUT2D eigenvalue weighted by atomic mass is 9.92. The van der Waals surface area contributed by atoms with Crippen LogP contribution in [0.3, 0.4) is 0 Å². The van der Waals surface area contributed by atoms with Gasteiger partial charge in [0, 0.05) is 47.6 Å². The summed E-state index contributed by atoms with van der Waals surface area (Å²) in [6, 6.07) is 44.9. The van der Waals surface area contributed by atoms with Gasteiger partial charge in [-0.05, 0) is 129 Å². The zero-order valence-electron chi connectivity index (χ0n) is 45.1. The maximum absolute atomic E-state index is 13.8. The van der Waals surface area contributed by atoms with Gasteiger partial charge in [-0.25, -0.2) is 28.8 Å². The average molecular weight is 1130 g/mol. The quantitative estimate of drug-likeness (QED) is 0.0172. The molecule has 0 fully saturated rings. The van der Waals surface area contributed by atoms with Crippen molar-refractivity contribution in [3.8, 4) is 51.4 Å². The molecule has 0 heterocycles. The first-order chi connectivity index (χ1) is 40.9. The molecule has 8 rings (SSSR count).